The minimum atomic E-state index is -0.316. The summed E-state index contributed by atoms with van der Waals surface area (Å²) in [6.45, 7) is 2.52. The first kappa shape index (κ1) is 14.3. The molecule has 0 aliphatic heterocycles. The van der Waals surface area contributed by atoms with Crippen molar-refractivity contribution in [1.82, 2.24) is 4.98 Å². The number of amides is 1. The monoisotopic (exact) mass is 314 g/mol. The third-order valence-electron chi connectivity index (χ3n) is 2.93. The largest absolute Gasteiger partial charge is 0.493 e. The standard InChI is InChI=1S/C16H14N2O3S/c1-2-20-13-7-4-3-6-11(13)12-10-22-16(17-12)18-15(19)14-8-5-9-21-14/h3-10H,2H2,1H3,(H,17,18,19). The number of para-hydroxylation sites is 1. The van der Waals surface area contributed by atoms with Gasteiger partial charge in [0.2, 0.25) is 0 Å². The van der Waals surface area contributed by atoms with Crippen LogP contribution in [0.4, 0.5) is 5.13 Å². The first-order valence-corrected chi connectivity index (χ1v) is 7.68. The molecule has 0 saturated heterocycles. The Morgan fingerprint density at radius 1 is 1.32 bits per heavy atom. The topological polar surface area (TPSA) is 64.4 Å². The number of hydrogen-bond donors (Lipinski definition) is 1. The van der Waals surface area contributed by atoms with Crippen molar-refractivity contribution in [3.8, 4) is 17.0 Å². The van der Waals surface area contributed by atoms with E-state index in [4.69, 9.17) is 9.15 Å². The fraction of sp³-hybridized carbons (Fsp3) is 0.125. The Kier molecular flexibility index (Phi) is 4.20. The maximum atomic E-state index is 11.9. The van der Waals surface area contributed by atoms with Gasteiger partial charge in [0.15, 0.2) is 10.9 Å². The molecule has 112 valence electrons. The molecule has 0 unspecified atom stereocenters. The van der Waals surface area contributed by atoms with Crippen molar-refractivity contribution in [2.24, 2.45) is 0 Å². The molecule has 0 fully saturated rings. The van der Waals surface area contributed by atoms with Crippen molar-refractivity contribution in [1.29, 1.82) is 0 Å². The number of nitrogens with zero attached hydrogens (tertiary/aromatic N) is 1. The van der Waals surface area contributed by atoms with Crippen LogP contribution < -0.4 is 10.1 Å². The summed E-state index contributed by atoms with van der Waals surface area (Å²) in [6, 6.07) is 11.0. The van der Waals surface area contributed by atoms with Crippen LogP contribution in [0.3, 0.4) is 0 Å². The summed E-state index contributed by atoms with van der Waals surface area (Å²) in [5.74, 6) is 0.717. The normalized spacial score (nSPS) is 10.4. The molecule has 0 atom stereocenters. The average molecular weight is 314 g/mol. The van der Waals surface area contributed by atoms with Crippen LogP contribution in [0.15, 0.2) is 52.5 Å². The molecule has 22 heavy (non-hydrogen) atoms. The predicted octanol–water partition coefficient (Wildman–Crippen LogP) is 4.05. The molecular weight excluding hydrogens is 300 g/mol. The van der Waals surface area contributed by atoms with E-state index < -0.39 is 0 Å². The van der Waals surface area contributed by atoms with Crippen molar-refractivity contribution in [3.05, 3.63) is 53.8 Å². The van der Waals surface area contributed by atoms with Crippen molar-refractivity contribution < 1.29 is 13.9 Å². The Bertz CT molecular complexity index is 765. The fourth-order valence-corrected chi connectivity index (χ4v) is 2.69. The molecule has 5 nitrogen and oxygen atoms in total. The summed E-state index contributed by atoms with van der Waals surface area (Å²) >= 11 is 1.36. The van der Waals surface area contributed by atoms with Crippen LogP contribution in [0.2, 0.25) is 0 Å². The van der Waals surface area contributed by atoms with Crippen LogP contribution in [-0.4, -0.2) is 17.5 Å². The molecular formula is C16H14N2O3S. The van der Waals surface area contributed by atoms with Crippen LogP contribution >= 0.6 is 11.3 Å². The van der Waals surface area contributed by atoms with Crippen LogP contribution in [-0.2, 0) is 0 Å². The zero-order valence-corrected chi connectivity index (χ0v) is 12.7. The first-order valence-electron chi connectivity index (χ1n) is 6.80. The number of nitrogens with one attached hydrogen (secondary N) is 1. The van der Waals surface area contributed by atoms with E-state index in [1.54, 1.807) is 12.1 Å². The van der Waals surface area contributed by atoms with Gasteiger partial charge in [-0.05, 0) is 31.2 Å². The molecule has 0 aliphatic carbocycles. The fourth-order valence-electron chi connectivity index (χ4n) is 1.98. The Morgan fingerprint density at radius 2 is 2.18 bits per heavy atom. The van der Waals surface area contributed by atoms with Gasteiger partial charge in [-0.3, -0.25) is 10.1 Å². The number of carbonyl (C=O) groups excluding carboxylic acids is 1. The molecule has 3 rings (SSSR count). The zero-order chi connectivity index (χ0) is 15.4. The highest BCUT2D eigenvalue weighted by Crippen LogP contribution is 2.32. The number of thiazole rings is 1. The summed E-state index contributed by atoms with van der Waals surface area (Å²) in [5.41, 5.74) is 1.67. The predicted molar refractivity (Wildman–Crippen MR) is 85.4 cm³/mol. The van der Waals surface area contributed by atoms with Gasteiger partial charge in [0.1, 0.15) is 5.75 Å². The van der Waals surface area contributed by atoms with Gasteiger partial charge in [0.05, 0.1) is 18.6 Å². The van der Waals surface area contributed by atoms with E-state index in [1.165, 1.54) is 17.6 Å². The second-order valence-electron chi connectivity index (χ2n) is 4.40. The summed E-state index contributed by atoms with van der Waals surface area (Å²) in [4.78, 5) is 16.4. The average Bonchev–Trinajstić information content (AvgIpc) is 3.19. The molecule has 2 heterocycles. The summed E-state index contributed by atoms with van der Waals surface area (Å²) in [5, 5.41) is 5.12. The van der Waals surface area contributed by atoms with Crippen LogP contribution in [0.5, 0.6) is 5.75 Å². The maximum Gasteiger partial charge on any atom is 0.293 e. The van der Waals surface area contributed by atoms with Crippen LogP contribution in [0.1, 0.15) is 17.5 Å². The lowest BCUT2D eigenvalue weighted by atomic mass is 10.1. The second kappa shape index (κ2) is 6.44. The zero-order valence-electron chi connectivity index (χ0n) is 11.9. The smallest absolute Gasteiger partial charge is 0.293 e. The summed E-state index contributed by atoms with van der Waals surface area (Å²) < 4.78 is 10.7. The van der Waals surface area contributed by atoms with E-state index in [-0.39, 0.29) is 11.7 Å². The lowest BCUT2D eigenvalue weighted by Crippen LogP contribution is -2.10. The molecule has 0 saturated carbocycles. The van der Waals surface area contributed by atoms with Gasteiger partial charge in [-0.25, -0.2) is 4.98 Å². The summed E-state index contributed by atoms with van der Waals surface area (Å²) in [6.07, 6.45) is 1.46. The molecule has 2 aromatic heterocycles. The molecule has 0 aliphatic rings. The third-order valence-corrected chi connectivity index (χ3v) is 3.69. The minimum Gasteiger partial charge on any atom is -0.493 e. The third kappa shape index (κ3) is 3.01. The first-order chi connectivity index (χ1) is 10.8. The molecule has 3 aromatic rings. The van der Waals surface area contributed by atoms with Crippen molar-refractivity contribution in [2.45, 2.75) is 6.92 Å². The number of anilines is 1. The SMILES string of the molecule is CCOc1ccccc1-c1csc(NC(=O)c2ccco2)n1. The van der Waals surface area contributed by atoms with Gasteiger partial charge in [-0.1, -0.05) is 12.1 Å². The molecule has 6 heteroatoms. The van der Waals surface area contributed by atoms with E-state index in [1.807, 2.05) is 36.6 Å². The van der Waals surface area contributed by atoms with E-state index in [0.29, 0.717) is 11.7 Å². The second-order valence-corrected chi connectivity index (χ2v) is 5.26. The molecule has 1 amide bonds. The summed E-state index contributed by atoms with van der Waals surface area (Å²) in [7, 11) is 0. The van der Waals surface area contributed by atoms with Gasteiger partial charge >= 0.3 is 0 Å². The number of rotatable bonds is 5. The Hall–Kier alpha value is -2.60. The number of carbonyl (C=O) groups is 1. The Balaban J connectivity index is 1.81. The lowest BCUT2D eigenvalue weighted by molar-refractivity contribution is 0.0996. The molecule has 0 spiro atoms. The molecule has 0 bridgehead atoms. The number of benzene rings is 1. The van der Waals surface area contributed by atoms with Gasteiger partial charge in [0, 0.05) is 10.9 Å². The van der Waals surface area contributed by atoms with Gasteiger partial charge < -0.3 is 9.15 Å². The Labute approximate surface area is 131 Å². The van der Waals surface area contributed by atoms with Gasteiger partial charge in [-0.15, -0.1) is 11.3 Å². The highest BCUT2D eigenvalue weighted by Gasteiger charge is 2.13. The van der Waals surface area contributed by atoms with E-state index in [2.05, 4.69) is 10.3 Å². The molecule has 1 aromatic carbocycles. The quantitative estimate of drug-likeness (QED) is 0.771. The minimum absolute atomic E-state index is 0.256. The van der Waals surface area contributed by atoms with E-state index in [9.17, 15) is 4.79 Å². The van der Waals surface area contributed by atoms with Gasteiger partial charge in [0.25, 0.3) is 5.91 Å². The highest BCUT2D eigenvalue weighted by atomic mass is 32.1. The maximum absolute atomic E-state index is 11.9. The number of furan rings is 1. The Morgan fingerprint density at radius 3 is 2.95 bits per heavy atom. The van der Waals surface area contributed by atoms with Crippen molar-refractivity contribution in [3.63, 3.8) is 0 Å². The van der Waals surface area contributed by atoms with Crippen LogP contribution in [0.25, 0.3) is 11.3 Å². The van der Waals surface area contributed by atoms with E-state index in [0.717, 1.165) is 17.0 Å². The number of ether oxygens (including phenoxy) is 1. The van der Waals surface area contributed by atoms with Crippen molar-refractivity contribution >= 4 is 22.4 Å². The van der Waals surface area contributed by atoms with E-state index >= 15 is 0 Å². The number of aromatic nitrogens is 1. The van der Waals surface area contributed by atoms with Gasteiger partial charge in [-0.2, -0.15) is 0 Å². The number of hydrogen-bond acceptors (Lipinski definition) is 5. The lowest BCUT2D eigenvalue weighted by Gasteiger charge is -2.07. The van der Waals surface area contributed by atoms with Crippen molar-refractivity contribution in [2.75, 3.05) is 11.9 Å². The molecule has 0 radical (unpaired) electrons. The van der Waals surface area contributed by atoms with Crippen LogP contribution in [0, 0.1) is 0 Å². The molecule has 1 N–H and O–H groups in total. The highest BCUT2D eigenvalue weighted by molar-refractivity contribution is 7.14.